The molecule has 5 rings (SSSR count). The second-order valence-electron chi connectivity index (χ2n) is 10.3. The first-order chi connectivity index (χ1) is 18.6. The number of amides is 1. The standard InChI is InChI=1S/C29H27ClN6O3/c1-16(34-26-22-20(37)13-14-31-25(22)32-15-33-26)24-23(30)18-11-8-12-19(27(38)35-29(2,3)4)21(18)28(39)36(24)17-9-6-5-7-10-17/h5-16H,1-4H3,(H,35,38)(H2,31,32,33,34,37)/t16-/m0/s1. The van der Waals surface area contributed by atoms with Crippen LogP contribution in [0.25, 0.3) is 27.5 Å². The van der Waals surface area contributed by atoms with Crippen molar-refractivity contribution in [2.75, 3.05) is 5.32 Å². The third kappa shape index (κ3) is 4.88. The molecule has 0 saturated heterocycles. The molecule has 3 aromatic heterocycles. The van der Waals surface area contributed by atoms with Crippen LogP contribution in [0.3, 0.4) is 0 Å². The molecule has 3 N–H and O–H groups in total. The van der Waals surface area contributed by atoms with Crippen LogP contribution in [-0.2, 0) is 0 Å². The van der Waals surface area contributed by atoms with Gasteiger partial charge in [0.05, 0.1) is 27.7 Å². The Labute approximate surface area is 228 Å². The van der Waals surface area contributed by atoms with E-state index < -0.39 is 17.1 Å². The van der Waals surface area contributed by atoms with Gasteiger partial charge in [-0.1, -0.05) is 41.9 Å². The van der Waals surface area contributed by atoms with Gasteiger partial charge in [0.25, 0.3) is 11.5 Å². The molecule has 1 amide bonds. The van der Waals surface area contributed by atoms with E-state index in [1.807, 2.05) is 45.9 Å². The number of carbonyl (C=O) groups is 1. The summed E-state index contributed by atoms with van der Waals surface area (Å²) in [7, 11) is 0. The number of aromatic amines is 1. The van der Waals surface area contributed by atoms with Gasteiger partial charge in [-0.25, -0.2) is 9.97 Å². The van der Waals surface area contributed by atoms with Crippen LogP contribution in [0.15, 0.2) is 76.7 Å². The quantitative estimate of drug-likeness (QED) is 0.288. The number of rotatable bonds is 5. The SMILES string of the molecule is C[C@H](Nc1ncnc2[nH]ccc(=O)c12)c1c(Cl)c2cccc(C(=O)NC(C)(C)C)c2c(=O)n1-c1ccccc1. The van der Waals surface area contributed by atoms with E-state index >= 15 is 0 Å². The predicted octanol–water partition coefficient (Wildman–Crippen LogP) is 4.98. The first-order valence-electron chi connectivity index (χ1n) is 12.4. The van der Waals surface area contributed by atoms with Gasteiger partial charge in [-0.15, -0.1) is 0 Å². The van der Waals surface area contributed by atoms with Crippen LogP contribution in [0.4, 0.5) is 5.82 Å². The Morgan fingerprint density at radius 3 is 2.46 bits per heavy atom. The molecule has 0 saturated carbocycles. The molecule has 0 aliphatic carbocycles. The Morgan fingerprint density at radius 1 is 1.00 bits per heavy atom. The fourth-order valence-electron chi connectivity index (χ4n) is 4.63. The van der Waals surface area contributed by atoms with Gasteiger partial charge in [0, 0.05) is 28.9 Å². The van der Waals surface area contributed by atoms with Gasteiger partial charge in [0.1, 0.15) is 23.2 Å². The van der Waals surface area contributed by atoms with Gasteiger partial charge in [0.2, 0.25) is 0 Å². The first kappa shape index (κ1) is 26.1. The number of benzene rings is 2. The van der Waals surface area contributed by atoms with Crippen molar-refractivity contribution in [1.29, 1.82) is 0 Å². The highest BCUT2D eigenvalue weighted by atomic mass is 35.5. The van der Waals surface area contributed by atoms with E-state index in [-0.39, 0.29) is 22.3 Å². The lowest BCUT2D eigenvalue weighted by Crippen LogP contribution is -2.41. The minimum absolute atomic E-state index is 0.216. The number of anilines is 1. The number of nitrogens with zero attached hydrogens (tertiary/aromatic N) is 3. The van der Waals surface area contributed by atoms with Gasteiger partial charge in [-0.05, 0) is 45.9 Å². The molecular formula is C29H27ClN6O3. The van der Waals surface area contributed by atoms with Crippen molar-refractivity contribution in [3.05, 3.63) is 104 Å². The second-order valence-corrected chi connectivity index (χ2v) is 10.6. The molecule has 0 fully saturated rings. The minimum atomic E-state index is -0.584. The van der Waals surface area contributed by atoms with Crippen LogP contribution in [0.2, 0.25) is 5.02 Å². The van der Waals surface area contributed by atoms with E-state index in [4.69, 9.17) is 11.6 Å². The third-order valence-electron chi connectivity index (χ3n) is 6.24. The Morgan fingerprint density at radius 2 is 1.74 bits per heavy atom. The molecule has 0 aliphatic rings. The van der Waals surface area contributed by atoms with E-state index in [1.54, 1.807) is 30.3 Å². The topological polar surface area (TPSA) is 122 Å². The summed E-state index contributed by atoms with van der Waals surface area (Å²) in [4.78, 5) is 51.5. The molecule has 0 spiro atoms. The molecule has 0 aliphatic heterocycles. The van der Waals surface area contributed by atoms with Gasteiger partial charge in [-0.2, -0.15) is 0 Å². The van der Waals surface area contributed by atoms with Gasteiger partial charge < -0.3 is 15.6 Å². The van der Waals surface area contributed by atoms with Gasteiger partial charge in [-0.3, -0.25) is 19.0 Å². The largest absolute Gasteiger partial charge is 0.361 e. The molecule has 0 radical (unpaired) electrons. The highest BCUT2D eigenvalue weighted by molar-refractivity contribution is 6.36. The molecular weight excluding hydrogens is 516 g/mol. The van der Waals surface area contributed by atoms with Crippen molar-refractivity contribution in [2.24, 2.45) is 0 Å². The summed E-state index contributed by atoms with van der Waals surface area (Å²) in [5, 5.41) is 7.45. The average Bonchev–Trinajstić information content (AvgIpc) is 2.89. The summed E-state index contributed by atoms with van der Waals surface area (Å²) < 4.78 is 1.50. The highest BCUT2D eigenvalue weighted by Gasteiger charge is 2.26. The van der Waals surface area contributed by atoms with Crippen molar-refractivity contribution in [2.45, 2.75) is 39.3 Å². The number of nitrogens with one attached hydrogen (secondary N) is 3. The molecule has 10 heteroatoms. The zero-order valence-corrected chi connectivity index (χ0v) is 22.6. The summed E-state index contributed by atoms with van der Waals surface area (Å²) in [5.41, 5.74) is 0.497. The Kier molecular flexibility index (Phi) is 6.69. The number of hydrogen-bond acceptors (Lipinski definition) is 6. The van der Waals surface area contributed by atoms with E-state index in [9.17, 15) is 14.4 Å². The number of hydrogen-bond donors (Lipinski definition) is 3. The molecule has 9 nitrogen and oxygen atoms in total. The molecule has 39 heavy (non-hydrogen) atoms. The second kappa shape index (κ2) is 9.99. The monoisotopic (exact) mass is 542 g/mol. The van der Waals surface area contributed by atoms with Crippen LogP contribution >= 0.6 is 11.6 Å². The lowest BCUT2D eigenvalue weighted by atomic mass is 10.0. The van der Waals surface area contributed by atoms with Gasteiger partial charge in [0.15, 0.2) is 5.43 Å². The van der Waals surface area contributed by atoms with Crippen LogP contribution in [0.5, 0.6) is 0 Å². The van der Waals surface area contributed by atoms with Crippen molar-refractivity contribution < 1.29 is 4.79 Å². The predicted molar refractivity (Wildman–Crippen MR) is 154 cm³/mol. The van der Waals surface area contributed by atoms with Crippen LogP contribution in [-0.4, -0.2) is 31.0 Å². The molecule has 5 aromatic rings. The molecule has 198 valence electrons. The number of H-pyrrole nitrogens is 1. The van der Waals surface area contributed by atoms with Crippen molar-refractivity contribution in [3.63, 3.8) is 0 Å². The zero-order valence-electron chi connectivity index (χ0n) is 21.9. The molecule has 2 aromatic carbocycles. The zero-order chi connectivity index (χ0) is 27.9. The van der Waals surface area contributed by atoms with Crippen LogP contribution in [0.1, 0.15) is 49.8 Å². The maximum atomic E-state index is 14.2. The Bertz CT molecular complexity index is 1840. The number of carbonyl (C=O) groups excluding carboxylic acids is 1. The summed E-state index contributed by atoms with van der Waals surface area (Å²) in [6.45, 7) is 7.45. The summed E-state index contributed by atoms with van der Waals surface area (Å²) in [6, 6.07) is 14.9. The lowest BCUT2D eigenvalue weighted by molar-refractivity contribution is 0.0921. The van der Waals surface area contributed by atoms with E-state index in [1.165, 1.54) is 23.2 Å². The third-order valence-corrected chi connectivity index (χ3v) is 6.64. The number of halogens is 1. The van der Waals surface area contributed by atoms with Crippen LogP contribution in [0, 0.1) is 0 Å². The first-order valence-corrected chi connectivity index (χ1v) is 12.8. The molecule has 3 heterocycles. The maximum Gasteiger partial charge on any atom is 0.264 e. The summed E-state index contributed by atoms with van der Waals surface area (Å²) in [6.07, 6.45) is 2.87. The number of aromatic nitrogens is 4. The van der Waals surface area contributed by atoms with Crippen molar-refractivity contribution >= 4 is 45.1 Å². The molecule has 0 unspecified atom stereocenters. The van der Waals surface area contributed by atoms with E-state index in [0.29, 0.717) is 38.6 Å². The van der Waals surface area contributed by atoms with Crippen LogP contribution < -0.4 is 21.6 Å². The molecule has 0 bridgehead atoms. The van der Waals surface area contributed by atoms with E-state index in [0.717, 1.165) is 0 Å². The maximum absolute atomic E-state index is 14.2. The normalized spacial score (nSPS) is 12.4. The number of pyridine rings is 2. The fraction of sp³-hybridized carbons (Fsp3) is 0.207. The highest BCUT2D eigenvalue weighted by Crippen LogP contribution is 2.34. The minimum Gasteiger partial charge on any atom is -0.361 e. The average molecular weight is 543 g/mol. The lowest BCUT2D eigenvalue weighted by Gasteiger charge is -2.24. The smallest absolute Gasteiger partial charge is 0.264 e. The molecule has 1 atom stereocenters. The van der Waals surface area contributed by atoms with Crippen molar-refractivity contribution in [1.82, 2.24) is 24.8 Å². The van der Waals surface area contributed by atoms with Gasteiger partial charge >= 0.3 is 0 Å². The van der Waals surface area contributed by atoms with E-state index in [2.05, 4.69) is 25.6 Å². The fourth-order valence-corrected chi connectivity index (χ4v) is 5.03. The number of para-hydroxylation sites is 1. The summed E-state index contributed by atoms with van der Waals surface area (Å²) in [5.74, 6) is -0.0673. The Hall–Kier alpha value is -4.50. The van der Waals surface area contributed by atoms with Crippen molar-refractivity contribution in [3.8, 4) is 5.69 Å². The Balaban J connectivity index is 1.76. The summed E-state index contributed by atoms with van der Waals surface area (Å²) >= 11 is 7.06. The number of fused-ring (bicyclic) bond motifs is 2.